The standard InChI is InChI=1S/C14H28N2/c1-11-5-3-2-4-6-14(11)16-13-9-7-12(15)8-10-13/h11-14,16H,2-10,15H2,1H3. The van der Waals surface area contributed by atoms with Crippen LogP contribution in [0.4, 0.5) is 0 Å². The van der Waals surface area contributed by atoms with E-state index in [0.717, 1.165) is 18.0 Å². The topological polar surface area (TPSA) is 38.0 Å². The van der Waals surface area contributed by atoms with Crippen LogP contribution in [0.5, 0.6) is 0 Å². The molecule has 0 aromatic rings. The van der Waals surface area contributed by atoms with E-state index in [1.165, 1.54) is 57.8 Å². The van der Waals surface area contributed by atoms with Crippen LogP contribution in [-0.2, 0) is 0 Å². The summed E-state index contributed by atoms with van der Waals surface area (Å²) in [6.45, 7) is 2.43. The fourth-order valence-corrected chi connectivity index (χ4v) is 3.33. The van der Waals surface area contributed by atoms with Gasteiger partial charge in [0, 0.05) is 18.1 Å². The van der Waals surface area contributed by atoms with Crippen LogP contribution in [0.3, 0.4) is 0 Å². The number of rotatable bonds is 2. The third-order valence-corrected chi connectivity index (χ3v) is 4.58. The van der Waals surface area contributed by atoms with Crippen molar-refractivity contribution in [3.63, 3.8) is 0 Å². The molecule has 2 unspecified atom stereocenters. The van der Waals surface area contributed by atoms with Gasteiger partial charge in [-0.2, -0.15) is 0 Å². The first-order valence-corrected chi connectivity index (χ1v) is 7.27. The van der Waals surface area contributed by atoms with Crippen LogP contribution in [0.1, 0.15) is 64.7 Å². The molecular formula is C14H28N2. The minimum Gasteiger partial charge on any atom is -0.328 e. The zero-order valence-electron chi connectivity index (χ0n) is 10.8. The minimum atomic E-state index is 0.476. The molecule has 0 aromatic carbocycles. The van der Waals surface area contributed by atoms with Gasteiger partial charge in [0.25, 0.3) is 0 Å². The van der Waals surface area contributed by atoms with E-state index in [1.807, 2.05) is 0 Å². The fraction of sp³-hybridized carbons (Fsp3) is 1.00. The number of hydrogen-bond acceptors (Lipinski definition) is 2. The van der Waals surface area contributed by atoms with E-state index in [4.69, 9.17) is 5.73 Å². The molecule has 16 heavy (non-hydrogen) atoms. The number of nitrogens with one attached hydrogen (secondary N) is 1. The quantitative estimate of drug-likeness (QED) is 0.708. The Kier molecular flexibility index (Phi) is 4.66. The Morgan fingerprint density at radius 3 is 2.31 bits per heavy atom. The van der Waals surface area contributed by atoms with Gasteiger partial charge in [0.15, 0.2) is 0 Å². The molecule has 2 nitrogen and oxygen atoms in total. The monoisotopic (exact) mass is 224 g/mol. The Labute approximate surface area is 100 Å². The molecule has 94 valence electrons. The second-order valence-corrected chi connectivity index (χ2v) is 6.00. The van der Waals surface area contributed by atoms with Crippen LogP contribution in [0.2, 0.25) is 0 Å². The van der Waals surface area contributed by atoms with Crippen molar-refractivity contribution in [2.45, 2.75) is 82.8 Å². The SMILES string of the molecule is CC1CCCCCC1NC1CCC(N)CC1. The number of hydrogen-bond donors (Lipinski definition) is 2. The van der Waals surface area contributed by atoms with Gasteiger partial charge in [-0.3, -0.25) is 0 Å². The molecule has 2 rings (SSSR count). The van der Waals surface area contributed by atoms with E-state index in [0.29, 0.717) is 6.04 Å². The van der Waals surface area contributed by atoms with Crippen LogP contribution in [0.15, 0.2) is 0 Å². The second-order valence-electron chi connectivity index (χ2n) is 6.00. The molecule has 0 heterocycles. The van der Waals surface area contributed by atoms with Gasteiger partial charge >= 0.3 is 0 Å². The lowest BCUT2D eigenvalue weighted by molar-refractivity contribution is 0.267. The van der Waals surface area contributed by atoms with Crippen LogP contribution in [0.25, 0.3) is 0 Å². The van der Waals surface area contributed by atoms with Gasteiger partial charge in [-0.15, -0.1) is 0 Å². The van der Waals surface area contributed by atoms with Gasteiger partial charge in [0.2, 0.25) is 0 Å². The molecule has 0 radical (unpaired) electrons. The molecular weight excluding hydrogens is 196 g/mol. The first-order chi connectivity index (χ1) is 7.75. The van der Waals surface area contributed by atoms with Crippen molar-refractivity contribution in [3.8, 4) is 0 Å². The molecule has 0 aromatic heterocycles. The van der Waals surface area contributed by atoms with Crippen molar-refractivity contribution in [1.82, 2.24) is 5.32 Å². The van der Waals surface area contributed by atoms with Crippen LogP contribution in [0, 0.1) is 5.92 Å². The lowest BCUT2D eigenvalue weighted by Crippen LogP contribution is -2.45. The van der Waals surface area contributed by atoms with Gasteiger partial charge in [0.05, 0.1) is 0 Å². The van der Waals surface area contributed by atoms with Crippen molar-refractivity contribution in [2.24, 2.45) is 11.7 Å². The van der Waals surface area contributed by atoms with E-state index in [9.17, 15) is 0 Å². The van der Waals surface area contributed by atoms with Crippen LogP contribution < -0.4 is 11.1 Å². The summed E-state index contributed by atoms with van der Waals surface area (Å²) >= 11 is 0. The molecule has 0 spiro atoms. The average Bonchev–Trinajstić information content (AvgIpc) is 2.48. The van der Waals surface area contributed by atoms with Gasteiger partial charge < -0.3 is 11.1 Å². The summed E-state index contributed by atoms with van der Waals surface area (Å²) in [6.07, 6.45) is 12.2. The molecule has 0 saturated heterocycles. The van der Waals surface area contributed by atoms with E-state index >= 15 is 0 Å². The summed E-state index contributed by atoms with van der Waals surface area (Å²) in [5.41, 5.74) is 5.95. The highest BCUT2D eigenvalue weighted by Gasteiger charge is 2.25. The molecule has 2 heteroatoms. The van der Waals surface area contributed by atoms with Crippen molar-refractivity contribution >= 4 is 0 Å². The Bertz CT molecular complexity index is 197. The maximum Gasteiger partial charge on any atom is 0.00952 e. The van der Waals surface area contributed by atoms with Gasteiger partial charge in [-0.1, -0.05) is 26.2 Å². The van der Waals surface area contributed by atoms with E-state index in [1.54, 1.807) is 0 Å². The Morgan fingerprint density at radius 1 is 0.875 bits per heavy atom. The summed E-state index contributed by atoms with van der Waals surface area (Å²) in [5.74, 6) is 0.873. The number of nitrogens with two attached hydrogens (primary N) is 1. The molecule has 0 bridgehead atoms. The zero-order chi connectivity index (χ0) is 11.4. The fourth-order valence-electron chi connectivity index (χ4n) is 3.33. The van der Waals surface area contributed by atoms with Crippen molar-refractivity contribution in [1.29, 1.82) is 0 Å². The molecule has 0 amide bonds. The van der Waals surface area contributed by atoms with Crippen molar-refractivity contribution in [3.05, 3.63) is 0 Å². The third kappa shape index (κ3) is 3.46. The lowest BCUT2D eigenvalue weighted by atomic mass is 9.89. The smallest absolute Gasteiger partial charge is 0.00952 e. The van der Waals surface area contributed by atoms with Gasteiger partial charge in [0.1, 0.15) is 0 Å². The molecule has 2 aliphatic rings. The van der Waals surface area contributed by atoms with Crippen LogP contribution >= 0.6 is 0 Å². The molecule has 3 N–H and O–H groups in total. The Hall–Kier alpha value is -0.0800. The average molecular weight is 224 g/mol. The van der Waals surface area contributed by atoms with Crippen molar-refractivity contribution < 1.29 is 0 Å². The Balaban J connectivity index is 1.78. The first-order valence-electron chi connectivity index (χ1n) is 7.27. The zero-order valence-corrected chi connectivity index (χ0v) is 10.8. The minimum absolute atomic E-state index is 0.476. The molecule has 0 aliphatic heterocycles. The predicted molar refractivity (Wildman–Crippen MR) is 69.4 cm³/mol. The summed E-state index contributed by atoms with van der Waals surface area (Å²) in [6, 6.07) is 2.01. The summed E-state index contributed by atoms with van der Waals surface area (Å²) < 4.78 is 0. The lowest BCUT2D eigenvalue weighted by Gasteiger charge is -2.32. The third-order valence-electron chi connectivity index (χ3n) is 4.58. The van der Waals surface area contributed by atoms with Crippen molar-refractivity contribution in [2.75, 3.05) is 0 Å². The highest BCUT2D eigenvalue weighted by atomic mass is 15.0. The second kappa shape index (κ2) is 6.02. The van der Waals surface area contributed by atoms with E-state index < -0.39 is 0 Å². The summed E-state index contributed by atoms with van der Waals surface area (Å²) in [7, 11) is 0. The molecule has 2 fully saturated rings. The predicted octanol–water partition coefficient (Wildman–Crippen LogP) is 2.81. The van der Waals surface area contributed by atoms with Gasteiger partial charge in [-0.25, -0.2) is 0 Å². The molecule has 2 atom stereocenters. The summed E-state index contributed by atoms with van der Waals surface area (Å²) in [5, 5.41) is 3.91. The first kappa shape index (κ1) is 12.4. The van der Waals surface area contributed by atoms with Crippen LogP contribution in [-0.4, -0.2) is 18.1 Å². The van der Waals surface area contributed by atoms with Gasteiger partial charge in [-0.05, 0) is 44.4 Å². The normalized spacial score (nSPS) is 41.6. The maximum absolute atomic E-state index is 5.95. The highest BCUT2D eigenvalue weighted by Crippen LogP contribution is 2.25. The largest absolute Gasteiger partial charge is 0.328 e. The van der Waals surface area contributed by atoms with E-state index in [-0.39, 0.29) is 0 Å². The summed E-state index contributed by atoms with van der Waals surface area (Å²) in [4.78, 5) is 0. The maximum atomic E-state index is 5.95. The molecule has 2 aliphatic carbocycles. The highest BCUT2D eigenvalue weighted by molar-refractivity contribution is 4.84. The Morgan fingerprint density at radius 2 is 1.56 bits per heavy atom. The van der Waals surface area contributed by atoms with E-state index in [2.05, 4.69) is 12.2 Å². The molecule has 2 saturated carbocycles.